The topological polar surface area (TPSA) is 74.7 Å². The van der Waals surface area contributed by atoms with Gasteiger partial charge in [-0.25, -0.2) is 17.6 Å². The van der Waals surface area contributed by atoms with Crippen molar-refractivity contribution in [3.05, 3.63) is 28.0 Å². The molecular formula is C12H13BrFNO4S. The summed E-state index contributed by atoms with van der Waals surface area (Å²) in [5.74, 6) is -2.52. The van der Waals surface area contributed by atoms with E-state index >= 15 is 0 Å². The maximum Gasteiger partial charge on any atom is 0.338 e. The van der Waals surface area contributed by atoms with E-state index in [1.807, 2.05) is 6.92 Å². The van der Waals surface area contributed by atoms with Crippen LogP contribution >= 0.6 is 15.9 Å². The predicted molar refractivity (Wildman–Crippen MR) is 73.6 cm³/mol. The predicted octanol–water partition coefficient (Wildman–Crippen LogP) is 2.32. The smallest absolute Gasteiger partial charge is 0.338 e. The fourth-order valence-electron chi connectivity index (χ4n) is 2.16. The van der Waals surface area contributed by atoms with E-state index in [0.29, 0.717) is 19.5 Å². The van der Waals surface area contributed by atoms with Crippen molar-refractivity contribution in [1.82, 2.24) is 4.31 Å². The lowest BCUT2D eigenvalue weighted by atomic mass is 10.2. The van der Waals surface area contributed by atoms with Crippen LogP contribution in [0.4, 0.5) is 4.39 Å². The van der Waals surface area contributed by atoms with Crippen molar-refractivity contribution in [2.75, 3.05) is 13.1 Å². The van der Waals surface area contributed by atoms with Gasteiger partial charge in [0.1, 0.15) is 4.90 Å². The van der Waals surface area contributed by atoms with Gasteiger partial charge in [-0.2, -0.15) is 4.31 Å². The summed E-state index contributed by atoms with van der Waals surface area (Å²) in [7, 11) is -4.02. The Hall–Kier alpha value is -0.990. The molecule has 1 aromatic rings. The molecule has 110 valence electrons. The van der Waals surface area contributed by atoms with Crippen molar-refractivity contribution in [1.29, 1.82) is 0 Å². The lowest BCUT2D eigenvalue weighted by molar-refractivity contribution is 0.0691. The molecule has 8 heteroatoms. The van der Waals surface area contributed by atoms with Gasteiger partial charge >= 0.3 is 5.97 Å². The van der Waals surface area contributed by atoms with Gasteiger partial charge in [-0.05, 0) is 24.5 Å². The first-order valence-corrected chi connectivity index (χ1v) is 8.19. The third kappa shape index (κ3) is 2.72. The molecule has 0 aliphatic carbocycles. The Morgan fingerprint density at radius 2 is 2.15 bits per heavy atom. The molecule has 1 fully saturated rings. The van der Waals surface area contributed by atoms with Crippen molar-refractivity contribution < 1.29 is 22.7 Å². The summed E-state index contributed by atoms with van der Waals surface area (Å²) in [5.41, 5.74) is -0.662. The molecule has 1 aromatic carbocycles. The van der Waals surface area contributed by atoms with Crippen LogP contribution in [-0.4, -0.2) is 36.9 Å². The SMILES string of the molecule is CC1CCN(S(=O)(=O)c2cc(Br)cc(C(=O)O)c2F)C1. The fourth-order valence-corrected chi connectivity index (χ4v) is 4.46. The van der Waals surface area contributed by atoms with Crippen molar-refractivity contribution in [3.63, 3.8) is 0 Å². The number of sulfonamides is 1. The summed E-state index contributed by atoms with van der Waals surface area (Å²) in [6.07, 6.45) is 0.709. The van der Waals surface area contributed by atoms with Gasteiger partial charge in [0.05, 0.1) is 5.56 Å². The number of rotatable bonds is 3. The minimum Gasteiger partial charge on any atom is -0.478 e. The van der Waals surface area contributed by atoms with Crippen LogP contribution in [0.3, 0.4) is 0 Å². The van der Waals surface area contributed by atoms with Gasteiger partial charge in [0.15, 0.2) is 5.82 Å². The summed E-state index contributed by atoms with van der Waals surface area (Å²) < 4.78 is 40.3. The molecule has 20 heavy (non-hydrogen) atoms. The largest absolute Gasteiger partial charge is 0.478 e. The Morgan fingerprint density at radius 3 is 2.65 bits per heavy atom. The molecule has 1 atom stereocenters. The third-order valence-electron chi connectivity index (χ3n) is 3.24. The van der Waals surface area contributed by atoms with Crippen LogP contribution in [0.25, 0.3) is 0 Å². The third-order valence-corrected chi connectivity index (χ3v) is 5.56. The Kier molecular flexibility index (Phi) is 4.17. The number of carboxylic acid groups (broad SMARTS) is 1. The number of benzene rings is 1. The maximum atomic E-state index is 14.1. The number of halogens is 2. The van der Waals surface area contributed by atoms with Gasteiger partial charge in [-0.1, -0.05) is 22.9 Å². The lowest BCUT2D eigenvalue weighted by Gasteiger charge is -2.17. The first kappa shape index (κ1) is 15.4. The second-order valence-corrected chi connectivity index (χ2v) is 7.65. The van der Waals surface area contributed by atoms with E-state index in [9.17, 15) is 17.6 Å². The molecule has 2 rings (SSSR count). The zero-order valence-electron chi connectivity index (χ0n) is 10.6. The van der Waals surface area contributed by atoms with Gasteiger partial charge in [0.25, 0.3) is 0 Å². The second-order valence-electron chi connectivity index (χ2n) is 4.83. The van der Waals surface area contributed by atoms with Crippen LogP contribution in [0.1, 0.15) is 23.7 Å². The van der Waals surface area contributed by atoms with Crippen LogP contribution in [0, 0.1) is 11.7 Å². The molecule has 1 saturated heterocycles. The van der Waals surface area contributed by atoms with Gasteiger partial charge in [0.2, 0.25) is 10.0 Å². The number of hydrogen-bond donors (Lipinski definition) is 1. The molecule has 0 amide bonds. The Morgan fingerprint density at radius 1 is 1.50 bits per heavy atom. The van der Waals surface area contributed by atoms with Crippen molar-refractivity contribution in [2.24, 2.45) is 5.92 Å². The molecule has 5 nitrogen and oxygen atoms in total. The van der Waals surface area contributed by atoms with Crippen molar-refractivity contribution >= 4 is 31.9 Å². The lowest BCUT2D eigenvalue weighted by Crippen LogP contribution is -2.29. The van der Waals surface area contributed by atoms with E-state index in [-0.39, 0.29) is 10.4 Å². The zero-order chi connectivity index (χ0) is 15.1. The van der Waals surface area contributed by atoms with Crippen LogP contribution in [-0.2, 0) is 10.0 Å². The molecule has 0 radical (unpaired) electrons. The highest BCUT2D eigenvalue weighted by Crippen LogP contribution is 2.29. The highest BCUT2D eigenvalue weighted by atomic mass is 79.9. The van der Waals surface area contributed by atoms with Crippen molar-refractivity contribution in [2.45, 2.75) is 18.2 Å². The summed E-state index contributed by atoms with van der Waals surface area (Å²) >= 11 is 3.02. The number of hydrogen-bond acceptors (Lipinski definition) is 3. The first-order valence-electron chi connectivity index (χ1n) is 5.96. The van der Waals surface area contributed by atoms with E-state index in [1.165, 1.54) is 4.31 Å². The number of carboxylic acids is 1. The van der Waals surface area contributed by atoms with Gasteiger partial charge in [0, 0.05) is 17.6 Å². The minimum absolute atomic E-state index is 0.207. The average Bonchev–Trinajstić information content (AvgIpc) is 2.78. The summed E-state index contributed by atoms with van der Waals surface area (Å²) in [6.45, 7) is 2.55. The summed E-state index contributed by atoms with van der Waals surface area (Å²) in [6, 6.07) is 2.14. The van der Waals surface area contributed by atoms with Gasteiger partial charge in [-0.3, -0.25) is 0 Å². The van der Waals surface area contributed by atoms with E-state index in [4.69, 9.17) is 5.11 Å². The highest BCUT2D eigenvalue weighted by molar-refractivity contribution is 9.10. The average molecular weight is 366 g/mol. The quantitative estimate of drug-likeness (QED) is 0.891. The zero-order valence-corrected chi connectivity index (χ0v) is 13.0. The number of nitrogens with zero attached hydrogens (tertiary/aromatic N) is 1. The minimum atomic E-state index is -4.02. The van der Waals surface area contributed by atoms with E-state index in [2.05, 4.69) is 15.9 Å². The van der Waals surface area contributed by atoms with Crippen LogP contribution in [0.5, 0.6) is 0 Å². The first-order chi connectivity index (χ1) is 9.23. The molecule has 0 spiro atoms. The van der Waals surface area contributed by atoms with Crippen LogP contribution in [0.2, 0.25) is 0 Å². The Balaban J connectivity index is 2.55. The monoisotopic (exact) mass is 365 g/mol. The number of aromatic carboxylic acids is 1. The Bertz CT molecular complexity index is 662. The molecular weight excluding hydrogens is 353 g/mol. The highest BCUT2D eigenvalue weighted by Gasteiger charge is 2.34. The molecule has 1 N–H and O–H groups in total. The maximum absolute atomic E-state index is 14.1. The van der Waals surface area contributed by atoms with E-state index in [0.717, 1.165) is 12.1 Å². The number of carbonyl (C=O) groups is 1. The summed E-state index contributed by atoms with van der Waals surface area (Å²) in [5, 5.41) is 8.92. The van der Waals surface area contributed by atoms with Gasteiger partial charge < -0.3 is 5.11 Å². The molecule has 1 unspecified atom stereocenters. The normalized spacial score (nSPS) is 20.2. The molecule has 0 bridgehead atoms. The summed E-state index contributed by atoms with van der Waals surface area (Å²) in [4.78, 5) is 10.4. The van der Waals surface area contributed by atoms with Crippen LogP contribution < -0.4 is 0 Å². The second kappa shape index (κ2) is 5.42. The molecule has 0 aromatic heterocycles. The van der Waals surface area contributed by atoms with E-state index in [1.54, 1.807) is 0 Å². The fraction of sp³-hybridized carbons (Fsp3) is 0.417. The Labute approximate surface area is 124 Å². The molecule has 1 heterocycles. The standard InChI is InChI=1S/C12H13BrFNO4S/c1-7-2-3-15(6-7)20(18,19)10-5-8(13)4-9(11(10)14)12(16)17/h4-5,7H,2-3,6H2,1H3,(H,16,17). The molecule has 1 aliphatic heterocycles. The van der Waals surface area contributed by atoms with Gasteiger partial charge in [-0.15, -0.1) is 0 Å². The molecule has 1 aliphatic rings. The van der Waals surface area contributed by atoms with Crippen molar-refractivity contribution in [3.8, 4) is 0 Å². The molecule has 0 saturated carbocycles. The van der Waals surface area contributed by atoms with E-state index < -0.39 is 32.3 Å². The van der Waals surface area contributed by atoms with Crippen LogP contribution in [0.15, 0.2) is 21.5 Å².